The number of allylic oxidation sites excluding steroid dienone is 1. The summed E-state index contributed by atoms with van der Waals surface area (Å²) in [4.78, 5) is 24.0. The molecule has 154 valence electrons. The molecule has 1 aliphatic rings. The minimum atomic E-state index is -1.06. The molecule has 0 aromatic heterocycles. The highest BCUT2D eigenvalue weighted by Crippen LogP contribution is 2.59. The number of rotatable bonds is 7. The van der Waals surface area contributed by atoms with Crippen molar-refractivity contribution in [1.29, 1.82) is 5.26 Å². The number of hydrogen-bond donors (Lipinski definition) is 0. The van der Waals surface area contributed by atoms with Crippen molar-refractivity contribution in [3.05, 3.63) is 72.3 Å². The number of carbonyl (C=O) groups is 2. The van der Waals surface area contributed by atoms with Crippen LogP contribution >= 0.6 is 0 Å². The average molecular weight is 405 g/mol. The van der Waals surface area contributed by atoms with Gasteiger partial charge in [-0.15, -0.1) is 0 Å². The summed E-state index contributed by atoms with van der Waals surface area (Å²) in [5.41, 5.74) is 0.166. The highest BCUT2D eigenvalue weighted by molar-refractivity contribution is 5.83. The molecule has 1 aliphatic carbocycles. The van der Waals surface area contributed by atoms with Gasteiger partial charge in [0, 0.05) is 11.6 Å². The van der Waals surface area contributed by atoms with E-state index in [1.165, 1.54) is 13.2 Å². The Hall–Kier alpha value is -3.59. The summed E-state index contributed by atoms with van der Waals surface area (Å²) < 4.78 is 15.9. The van der Waals surface area contributed by atoms with Crippen molar-refractivity contribution in [3.8, 4) is 17.6 Å². The minimum Gasteiger partial charge on any atom is -0.466 e. The van der Waals surface area contributed by atoms with Crippen molar-refractivity contribution in [2.24, 2.45) is 17.3 Å². The van der Waals surface area contributed by atoms with Gasteiger partial charge in [0.1, 0.15) is 17.6 Å². The van der Waals surface area contributed by atoms with Crippen LogP contribution in [0, 0.1) is 28.6 Å². The number of carbonyl (C=O) groups excluding carboxylic acids is 2. The molecule has 0 amide bonds. The van der Waals surface area contributed by atoms with Crippen LogP contribution in [-0.4, -0.2) is 19.0 Å². The number of ether oxygens (including phenoxy) is 3. The van der Waals surface area contributed by atoms with E-state index >= 15 is 0 Å². The molecule has 1 unspecified atom stereocenters. The van der Waals surface area contributed by atoms with Crippen LogP contribution in [0.2, 0.25) is 0 Å². The first-order valence-corrected chi connectivity index (χ1v) is 9.56. The van der Waals surface area contributed by atoms with Gasteiger partial charge < -0.3 is 14.2 Å². The van der Waals surface area contributed by atoms with E-state index in [1.54, 1.807) is 30.3 Å². The third-order valence-electron chi connectivity index (χ3n) is 5.30. The van der Waals surface area contributed by atoms with Crippen LogP contribution < -0.4 is 4.74 Å². The number of esters is 2. The van der Waals surface area contributed by atoms with Crippen molar-refractivity contribution in [2.45, 2.75) is 20.0 Å². The fourth-order valence-electron chi connectivity index (χ4n) is 3.46. The number of nitrogens with zero attached hydrogens (tertiary/aromatic N) is 1. The second kappa shape index (κ2) is 8.83. The van der Waals surface area contributed by atoms with Crippen LogP contribution in [0.1, 0.15) is 25.5 Å². The Kier molecular flexibility index (Phi) is 6.22. The van der Waals surface area contributed by atoms with Crippen LogP contribution in [0.15, 0.2) is 66.7 Å². The van der Waals surface area contributed by atoms with Gasteiger partial charge in [0.05, 0.1) is 13.0 Å². The lowest BCUT2D eigenvalue weighted by molar-refractivity contribution is -0.149. The summed E-state index contributed by atoms with van der Waals surface area (Å²) >= 11 is 0. The SMILES string of the molecule is COC(=O)C=C[C@H]1[C@@H](C(=O)OC(C#N)c2cccc(Oc3ccccc3)c2)C1(C)C. The minimum absolute atomic E-state index is 0.156. The quantitative estimate of drug-likeness (QED) is 0.495. The molecule has 6 heteroatoms. The number of methoxy groups -OCH3 is 1. The molecule has 6 nitrogen and oxygen atoms in total. The molecule has 1 fully saturated rings. The van der Waals surface area contributed by atoms with E-state index in [1.807, 2.05) is 50.2 Å². The summed E-state index contributed by atoms with van der Waals surface area (Å²) in [7, 11) is 1.30. The molecular formula is C24H23NO5. The van der Waals surface area contributed by atoms with Gasteiger partial charge >= 0.3 is 11.9 Å². The predicted molar refractivity (Wildman–Crippen MR) is 109 cm³/mol. The first-order valence-electron chi connectivity index (χ1n) is 9.56. The van der Waals surface area contributed by atoms with E-state index in [0.717, 1.165) is 0 Å². The molecule has 0 saturated heterocycles. The van der Waals surface area contributed by atoms with Crippen LogP contribution in [0.25, 0.3) is 0 Å². The van der Waals surface area contributed by atoms with Gasteiger partial charge in [-0.1, -0.05) is 50.3 Å². The standard InChI is InChI=1S/C24H23NO5/c1-24(2)19(12-13-21(26)28-3)22(24)23(27)30-20(15-25)16-8-7-11-18(14-16)29-17-9-5-4-6-10-17/h4-14,19-20,22H,1-3H3/t19-,20?,22-/m0/s1. The zero-order valence-electron chi connectivity index (χ0n) is 17.1. The van der Waals surface area contributed by atoms with Crippen molar-refractivity contribution in [3.63, 3.8) is 0 Å². The van der Waals surface area contributed by atoms with Crippen molar-refractivity contribution in [2.75, 3.05) is 7.11 Å². The first kappa shape index (κ1) is 21.1. The summed E-state index contributed by atoms with van der Waals surface area (Å²) in [5.74, 6) is -0.328. The maximum Gasteiger partial charge on any atom is 0.330 e. The van der Waals surface area contributed by atoms with Crippen LogP contribution in [-0.2, 0) is 19.1 Å². The lowest BCUT2D eigenvalue weighted by atomic mass is 10.1. The fraction of sp³-hybridized carbons (Fsp3) is 0.292. The van der Waals surface area contributed by atoms with E-state index in [2.05, 4.69) is 4.74 Å². The Labute approximate surface area is 175 Å². The van der Waals surface area contributed by atoms with E-state index < -0.39 is 24.0 Å². The summed E-state index contributed by atoms with van der Waals surface area (Å²) in [6.45, 7) is 3.84. The molecule has 1 saturated carbocycles. The monoisotopic (exact) mass is 405 g/mol. The van der Waals surface area contributed by atoms with Crippen molar-refractivity contribution < 1.29 is 23.8 Å². The molecule has 0 radical (unpaired) electrons. The number of hydrogen-bond acceptors (Lipinski definition) is 6. The van der Waals surface area contributed by atoms with Crippen molar-refractivity contribution in [1.82, 2.24) is 0 Å². The second-order valence-corrected chi connectivity index (χ2v) is 7.64. The maximum atomic E-state index is 12.7. The third kappa shape index (κ3) is 4.69. The highest BCUT2D eigenvalue weighted by Gasteiger charge is 2.61. The maximum absolute atomic E-state index is 12.7. The zero-order valence-corrected chi connectivity index (χ0v) is 17.1. The fourth-order valence-corrected chi connectivity index (χ4v) is 3.46. The Morgan fingerprint density at radius 3 is 2.47 bits per heavy atom. The first-order chi connectivity index (χ1) is 14.4. The van der Waals surface area contributed by atoms with Gasteiger partial charge in [-0.3, -0.25) is 4.79 Å². The topological polar surface area (TPSA) is 85.6 Å². The number of nitriles is 1. The summed E-state index contributed by atoms with van der Waals surface area (Å²) in [6.07, 6.45) is 1.91. The lowest BCUT2D eigenvalue weighted by Gasteiger charge is -2.13. The molecule has 0 aliphatic heterocycles. The van der Waals surface area contributed by atoms with Gasteiger partial charge in [0.2, 0.25) is 6.10 Å². The van der Waals surface area contributed by atoms with E-state index in [9.17, 15) is 14.9 Å². The Balaban J connectivity index is 1.69. The average Bonchev–Trinajstić information content (AvgIpc) is 3.31. The molecule has 0 heterocycles. The molecule has 3 atom stereocenters. The van der Waals surface area contributed by atoms with Gasteiger partial charge in [-0.25, -0.2) is 4.79 Å². The largest absolute Gasteiger partial charge is 0.466 e. The smallest absolute Gasteiger partial charge is 0.330 e. The number of para-hydroxylation sites is 1. The number of benzene rings is 2. The third-order valence-corrected chi connectivity index (χ3v) is 5.30. The van der Waals surface area contributed by atoms with Crippen LogP contribution in [0.5, 0.6) is 11.5 Å². The molecule has 3 rings (SSSR count). The van der Waals surface area contributed by atoms with Gasteiger partial charge in [-0.05, 0) is 35.6 Å². The molecule has 0 spiro atoms. The van der Waals surface area contributed by atoms with Crippen LogP contribution in [0.3, 0.4) is 0 Å². The molecule has 0 N–H and O–H groups in total. The van der Waals surface area contributed by atoms with Gasteiger partial charge in [0.15, 0.2) is 0 Å². The van der Waals surface area contributed by atoms with E-state index in [0.29, 0.717) is 17.1 Å². The van der Waals surface area contributed by atoms with E-state index in [4.69, 9.17) is 9.47 Å². The lowest BCUT2D eigenvalue weighted by Crippen LogP contribution is -2.14. The molecule has 0 bridgehead atoms. The molecular weight excluding hydrogens is 382 g/mol. The zero-order chi connectivity index (χ0) is 21.7. The predicted octanol–water partition coefficient (Wildman–Crippen LogP) is 4.59. The Bertz CT molecular complexity index is 990. The molecule has 2 aromatic rings. The summed E-state index contributed by atoms with van der Waals surface area (Å²) in [5, 5.41) is 9.57. The van der Waals surface area contributed by atoms with Gasteiger partial charge in [-0.2, -0.15) is 5.26 Å². The second-order valence-electron chi connectivity index (χ2n) is 7.64. The molecule has 30 heavy (non-hydrogen) atoms. The highest BCUT2D eigenvalue weighted by atomic mass is 16.5. The van der Waals surface area contributed by atoms with E-state index in [-0.39, 0.29) is 11.3 Å². The Morgan fingerprint density at radius 1 is 1.10 bits per heavy atom. The summed E-state index contributed by atoms with van der Waals surface area (Å²) in [6, 6.07) is 18.2. The van der Waals surface area contributed by atoms with Gasteiger partial charge in [0.25, 0.3) is 0 Å². The van der Waals surface area contributed by atoms with Crippen molar-refractivity contribution >= 4 is 11.9 Å². The van der Waals surface area contributed by atoms with Crippen LogP contribution in [0.4, 0.5) is 0 Å². The normalized spacial score (nSPS) is 20.1. The molecule has 2 aromatic carbocycles. The Morgan fingerprint density at radius 2 is 1.80 bits per heavy atom.